The predicted octanol–water partition coefficient (Wildman–Crippen LogP) is 6.80. The summed E-state index contributed by atoms with van der Waals surface area (Å²) in [6.45, 7) is 2.68. The number of nitrogens with zero attached hydrogens (tertiary/aromatic N) is 2. The Morgan fingerprint density at radius 2 is 1.51 bits per heavy atom. The molecule has 0 bridgehead atoms. The van der Waals surface area contributed by atoms with Gasteiger partial charge in [-0.1, -0.05) is 0 Å². The Morgan fingerprint density at radius 3 is 2.10 bits per heavy atom. The van der Waals surface area contributed by atoms with Gasteiger partial charge in [0.1, 0.15) is 0 Å². The highest BCUT2D eigenvalue weighted by Crippen LogP contribution is 2.36. The fraction of sp³-hybridized carbons (Fsp3) is 0.536. The van der Waals surface area contributed by atoms with Gasteiger partial charge >= 0.3 is 12.4 Å². The highest BCUT2D eigenvalue weighted by atomic mass is 19.4. The van der Waals surface area contributed by atoms with Crippen molar-refractivity contribution in [3.63, 3.8) is 0 Å². The number of carbonyl (C=O) groups excluding carboxylic acids is 1. The summed E-state index contributed by atoms with van der Waals surface area (Å²) < 4.78 is 77.7. The lowest BCUT2D eigenvalue weighted by Gasteiger charge is -2.34. The average Bonchev–Trinajstić information content (AvgIpc) is 2.89. The van der Waals surface area contributed by atoms with Crippen LogP contribution in [0.25, 0.3) is 0 Å². The molecule has 5 nitrogen and oxygen atoms in total. The molecule has 0 unspecified atom stereocenters. The minimum atomic E-state index is -4.51. The molecule has 2 aliphatic heterocycles. The van der Waals surface area contributed by atoms with Gasteiger partial charge in [0, 0.05) is 55.7 Å². The number of rotatable bonds is 7. The van der Waals surface area contributed by atoms with E-state index in [0.717, 1.165) is 62.7 Å². The summed E-state index contributed by atoms with van der Waals surface area (Å²) >= 11 is 0. The van der Waals surface area contributed by atoms with Crippen LogP contribution in [-0.2, 0) is 17.1 Å². The van der Waals surface area contributed by atoms with Gasteiger partial charge in [0.15, 0.2) is 0 Å². The third kappa shape index (κ3) is 7.73. The Bertz CT molecular complexity index is 1100. The molecule has 39 heavy (non-hydrogen) atoms. The van der Waals surface area contributed by atoms with Crippen LogP contribution in [-0.4, -0.2) is 43.0 Å². The Balaban J connectivity index is 1.14. The lowest BCUT2D eigenvalue weighted by atomic mass is 9.91. The van der Waals surface area contributed by atoms with E-state index in [2.05, 4.69) is 10.2 Å². The van der Waals surface area contributed by atoms with Crippen LogP contribution in [0.4, 0.5) is 43.4 Å². The van der Waals surface area contributed by atoms with E-state index in [0.29, 0.717) is 44.0 Å². The standard InChI is InChI=1S/C28H34F6N4O/c29-27(30,31)20-4-7-23(8-5-20)37-14-10-19(11-15-37)2-1-3-26(39)38-16-12-21(13-17-38)36-22-6-9-25(35)24(18-22)28(32,33)34/h4-9,18-19,21,36H,1-3,10-17,35H2. The molecule has 0 saturated carbocycles. The summed E-state index contributed by atoms with van der Waals surface area (Å²) in [5, 5.41) is 3.14. The number of hydrogen-bond donors (Lipinski definition) is 2. The summed E-state index contributed by atoms with van der Waals surface area (Å²) in [4.78, 5) is 16.6. The molecule has 2 saturated heterocycles. The predicted molar refractivity (Wildman–Crippen MR) is 139 cm³/mol. The van der Waals surface area contributed by atoms with Gasteiger partial charge in [-0.05, 0) is 86.9 Å². The maximum absolute atomic E-state index is 13.1. The molecule has 3 N–H and O–H groups in total. The minimum Gasteiger partial charge on any atom is -0.398 e. The third-order valence-corrected chi connectivity index (χ3v) is 7.75. The monoisotopic (exact) mass is 556 g/mol. The molecular formula is C28H34F6N4O. The van der Waals surface area contributed by atoms with Crippen molar-refractivity contribution in [2.75, 3.05) is 42.1 Å². The smallest absolute Gasteiger partial charge is 0.398 e. The van der Waals surface area contributed by atoms with Gasteiger partial charge in [-0.2, -0.15) is 26.3 Å². The number of anilines is 3. The SMILES string of the molecule is Nc1ccc(NC2CCN(C(=O)CCCC3CCN(c4ccc(C(F)(F)F)cc4)CC3)CC2)cc1C(F)(F)F. The van der Waals surface area contributed by atoms with Crippen molar-refractivity contribution in [3.8, 4) is 0 Å². The maximum atomic E-state index is 13.1. The number of halogens is 6. The van der Waals surface area contributed by atoms with Gasteiger partial charge < -0.3 is 20.9 Å². The van der Waals surface area contributed by atoms with Crippen LogP contribution in [0, 0.1) is 5.92 Å². The fourth-order valence-electron chi connectivity index (χ4n) is 5.44. The number of piperidine rings is 2. The molecule has 1 amide bonds. The normalized spacial score (nSPS) is 17.9. The number of amides is 1. The summed E-state index contributed by atoms with van der Waals surface area (Å²) in [5.41, 5.74) is 4.82. The van der Waals surface area contributed by atoms with Gasteiger partial charge in [-0.15, -0.1) is 0 Å². The molecular weight excluding hydrogens is 522 g/mol. The Labute approximate surface area is 224 Å². The van der Waals surface area contributed by atoms with Crippen LogP contribution in [0.5, 0.6) is 0 Å². The molecule has 2 aliphatic rings. The van der Waals surface area contributed by atoms with Crippen molar-refractivity contribution in [1.29, 1.82) is 0 Å². The number of nitrogens with two attached hydrogens (primary N) is 1. The summed E-state index contributed by atoms with van der Waals surface area (Å²) in [5.74, 6) is 0.586. The highest BCUT2D eigenvalue weighted by Gasteiger charge is 2.34. The lowest BCUT2D eigenvalue weighted by Crippen LogP contribution is -2.42. The molecule has 0 aliphatic carbocycles. The first-order valence-corrected chi connectivity index (χ1v) is 13.3. The van der Waals surface area contributed by atoms with E-state index in [4.69, 9.17) is 5.73 Å². The summed E-state index contributed by atoms with van der Waals surface area (Å²) in [7, 11) is 0. The van der Waals surface area contributed by atoms with E-state index in [1.165, 1.54) is 24.3 Å². The molecule has 2 fully saturated rings. The van der Waals surface area contributed by atoms with E-state index in [1.807, 2.05) is 4.90 Å². The molecule has 2 heterocycles. The Morgan fingerprint density at radius 1 is 0.872 bits per heavy atom. The van der Waals surface area contributed by atoms with Gasteiger partial charge in [-0.3, -0.25) is 4.79 Å². The zero-order chi connectivity index (χ0) is 28.2. The van der Waals surface area contributed by atoms with Crippen LogP contribution in [0.15, 0.2) is 42.5 Å². The number of benzene rings is 2. The van der Waals surface area contributed by atoms with Crippen LogP contribution in [0.3, 0.4) is 0 Å². The van der Waals surface area contributed by atoms with Crippen LogP contribution < -0.4 is 16.0 Å². The van der Waals surface area contributed by atoms with Gasteiger partial charge in [0.05, 0.1) is 11.1 Å². The molecule has 214 valence electrons. The second kappa shape index (κ2) is 12.0. The van der Waals surface area contributed by atoms with E-state index in [-0.39, 0.29) is 17.6 Å². The van der Waals surface area contributed by atoms with Gasteiger partial charge in [-0.25, -0.2) is 0 Å². The van der Waals surface area contributed by atoms with E-state index >= 15 is 0 Å². The number of nitrogens with one attached hydrogen (secondary N) is 1. The molecule has 0 atom stereocenters. The number of carbonyl (C=O) groups is 1. The first-order valence-electron chi connectivity index (χ1n) is 13.3. The quantitative estimate of drug-likeness (QED) is 0.291. The van der Waals surface area contributed by atoms with Gasteiger partial charge in [0.2, 0.25) is 5.91 Å². The van der Waals surface area contributed by atoms with Crippen LogP contribution in [0.1, 0.15) is 56.1 Å². The number of likely N-dealkylation sites (tertiary alicyclic amines) is 1. The van der Waals surface area contributed by atoms with Gasteiger partial charge in [0.25, 0.3) is 0 Å². The minimum absolute atomic E-state index is 0.0198. The van der Waals surface area contributed by atoms with Crippen molar-refractivity contribution < 1.29 is 31.1 Å². The topological polar surface area (TPSA) is 61.6 Å². The molecule has 0 radical (unpaired) electrons. The largest absolute Gasteiger partial charge is 0.418 e. The third-order valence-electron chi connectivity index (χ3n) is 7.75. The first-order chi connectivity index (χ1) is 18.4. The summed E-state index contributed by atoms with van der Waals surface area (Å²) in [6, 6.07) is 9.08. The molecule has 11 heteroatoms. The maximum Gasteiger partial charge on any atom is 0.418 e. The second-order valence-electron chi connectivity index (χ2n) is 10.5. The molecule has 2 aromatic rings. The zero-order valence-corrected chi connectivity index (χ0v) is 21.6. The average molecular weight is 557 g/mol. The van der Waals surface area contributed by atoms with E-state index in [1.54, 1.807) is 0 Å². The molecule has 0 aromatic heterocycles. The number of alkyl halides is 6. The van der Waals surface area contributed by atoms with Crippen molar-refractivity contribution in [3.05, 3.63) is 53.6 Å². The Hall–Kier alpha value is -3.11. The first kappa shape index (κ1) is 28.9. The van der Waals surface area contributed by atoms with Crippen molar-refractivity contribution in [2.24, 2.45) is 5.92 Å². The molecule has 0 spiro atoms. The second-order valence-corrected chi connectivity index (χ2v) is 10.5. The van der Waals surface area contributed by atoms with Crippen molar-refractivity contribution in [2.45, 2.75) is 63.3 Å². The molecule has 2 aromatic carbocycles. The van der Waals surface area contributed by atoms with Crippen LogP contribution >= 0.6 is 0 Å². The number of hydrogen-bond acceptors (Lipinski definition) is 4. The highest BCUT2D eigenvalue weighted by molar-refractivity contribution is 5.76. The lowest BCUT2D eigenvalue weighted by molar-refractivity contribution is -0.138. The van der Waals surface area contributed by atoms with Crippen molar-refractivity contribution >= 4 is 23.0 Å². The molecule has 4 rings (SSSR count). The Kier molecular flexibility index (Phi) is 8.86. The zero-order valence-electron chi connectivity index (χ0n) is 21.6. The number of nitrogen functional groups attached to an aromatic ring is 1. The van der Waals surface area contributed by atoms with Crippen molar-refractivity contribution in [1.82, 2.24) is 4.90 Å². The fourth-order valence-corrected chi connectivity index (χ4v) is 5.44. The van der Waals surface area contributed by atoms with E-state index in [9.17, 15) is 31.1 Å². The van der Waals surface area contributed by atoms with E-state index < -0.39 is 23.5 Å². The van der Waals surface area contributed by atoms with Crippen LogP contribution in [0.2, 0.25) is 0 Å². The summed E-state index contributed by atoms with van der Waals surface area (Å²) in [6.07, 6.45) is -3.49.